The van der Waals surface area contributed by atoms with Gasteiger partial charge < -0.3 is 19.4 Å². The molecule has 7 heteroatoms. The zero-order chi connectivity index (χ0) is 18.3. The fourth-order valence-corrected chi connectivity index (χ4v) is 3.58. The van der Waals surface area contributed by atoms with Crippen LogP contribution in [0.4, 0.5) is 4.39 Å². The predicted octanol–water partition coefficient (Wildman–Crippen LogP) is 3.62. The summed E-state index contributed by atoms with van der Waals surface area (Å²) >= 11 is 0. The molecule has 0 bridgehead atoms. The van der Waals surface area contributed by atoms with Crippen LogP contribution in [0.15, 0.2) is 40.9 Å². The summed E-state index contributed by atoms with van der Waals surface area (Å²) in [6.07, 6.45) is 3.48. The number of piperidine rings is 1. The number of amides is 1. The van der Waals surface area contributed by atoms with E-state index in [9.17, 15) is 14.0 Å². The first-order chi connectivity index (χ1) is 12.5. The molecule has 0 spiro atoms. The third-order valence-corrected chi connectivity index (χ3v) is 4.93. The largest absolute Gasteiger partial charge is 0.475 e. The first kappa shape index (κ1) is 16.4. The van der Waals surface area contributed by atoms with Crippen molar-refractivity contribution in [3.05, 3.63) is 59.4 Å². The van der Waals surface area contributed by atoms with Crippen LogP contribution in [0.1, 0.15) is 45.4 Å². The van der Waals surface area contributed by atoms with Gasteiger partial charge >= 0.3 is 5.97 Å². The molecule has 134 valence electrons. The van der Waals surface area contributed by atoms with Gasteiger partial charge in [0, 0.05) is 30.2 Å². The lowest BCUT2D eigenvalue weighted by molar-refractivity contribution is 0.0639. The highest BCUT2D eigenvalue weighted by Gasteiger charge is 2.28. The first-order valence-corrected chi connectivity index (χ1v) is 8.42. The van der Waals surface area contributed by atoms with E-state index in [4.69, 9.17) is 9.52 Å². The Morgan fingerprint density at radius 1 is 1.15 bits per heavy atom. The van der Waals surface area contributed by atoms with E-state index in [1.165, 1.54) is 24.3 Å². The lowest BCUT2D eigenvalue weighted by Crippen LogP contribution is -2.37. The van der Waals surface area contributed by atoms with Gasteiger partial charge in [-0.3, -0.25) is 4.79 Å². The molecule has 3 aromatic rings. The van der Waals surface area contributed by atoms with Gasteiger partial charge in [-0.1, -0.05) is 0 Å². The number of rotatable bonds is 3. The highest BCUT2D eigenvalue weighted by molar-refractivity contribution is 5.93. The number of aromatic amines is 1. The number of likely N-dealkylation sites (tertiary alicyclic amines) is 1. The number of carbonyl (C=O) groups is 2. The SMILES string of the molecule is O=C(O)c1ccc(C(=O)N2CCC(c3c[nH]c4cc(F)ccc34)CC2)o1. The second-order valence-electron chi connectivity index (χ2n) is 6.47. The quantitative estimate of drug-likeness (QED) is 0.750. The molecule has 2 N–H and O–H groups in total. The summed E-state index contributed by atoms with van der Waals surface area (Å²) < 4.78 is 18.4. The van der Waals surface area contributed by atoms with Crippen molar-refractivity contribution in [1.82, 2.24) is 9.88 Å². The van der Waals surface area contributed by atoms with E-state index >= 15 is 0 Å². The summed E-state index contributed by atoms with van der Waals surface area (Å²) in [6, 6.07) is 7.40. The van der Waals surface area contributed by atoms with Crippen molar-refractivity contribution in [2.75, 3.05) is 13.1 Å². The Morgan fingerprint density at radius 2 is 1.88 bits per heavy atom. The molecule has 0 unspecified atom stereocenters. The molecular formula is C19H17FN2O4. The summed E-state index contributed by atoms with van der Waals surface area (Å²) in [6.45, 7) is 1.11. The van der Waals surface area contributed by atoms with Crippen molar-refractivity contribution in [2.45, 2.75) is 18.8 Å². The van der Waals surface area contributed by atoms with E-state index in [0.717, 1.165) is 29.3 Å². The van der Waals surface area contributed by atoms with Gasteiger partial charge in [-0.25, -0.2) is 9.18 Å². The Labute approximate surface area is 148 Å². The molecule has 1 fully saturated rings. The predicted molar refractivity (Wildman–Crippen MR) is 91.8 cm³/mol. The molecule has 1 saturated heterocycles. The maximum Gasteiger partial charge on any atom is 0.371 e. The van der Waals surface area contributed by atoms with E-state index < -0.39 is 5.97 Å². The number of hydrogen-bond acceptors (Lipinski definition) is 3. The number of nitrogens with zero attached hydrogens (tertiary/aromatic N) is 1. The van der Waals surface area contributed by atoms with Crippen LogP contribution in [0, 0.1) is 5.82 Å². The number of aromatic carboxylic acids is 1. The fraction of sp³-hybridized carbons (Fsp3) is 0.263. The van der Waals surface area contributed by atoms with Crippen LogP contribution < -0.4 is 0 Å². The number of carboxylic acids is 1. The molecule has 26 heavy (non-hydrogen) atoms. The van der Waals surface area contributed by atoms with Crippen LogP contribution in [0.25, 0.3) is 10.9 Å². The number of benzene rings is 1. The van der Waals surface area contributed by atoms with Gasteiger partial charge in [0.2, 0.25) is 5.76 Å². The molecule has 2 aromatic heterocycles. The molecule has 4 rings (SSSR count). The zero-order valence-corrected chi connectivity index (χ0v) is 13.9. The second-order valence-corrected chi connectivity index (χ2v) is 6.47. The van der Waals surface area contributed by atoms with Crippen molar-refractivity contribution < 1.29 is 23.5 Å². The third-order valence-electron chi connectivity index (χ3n) is 4.93. The fourth-order valence-electron chi connectivity index (χ4n) is 3.58. The maximum absolute atomic E-state index is 13.3. The Bertz CT molecular complexity index is 983. The smallest absolute Gasteiger partial charge is 0.371 e. The summed E-state index contributed by atoms with van der Waals surface area (Å²) in [5, 5.41) is 9.90. The van der Waals surface area contributed by atoms with Crippen LogP contribution in [-0.2, 0) is 0 Å². The van der Waals surface area contributed by atoms with E-state index in [0.29, 0.717) is 13.1 Å². The van der Waals surface area contributed by atoms with Crippen LogP contribution in [0.3, 0.4) is 0 Å². The van der Waals surface area contributed by atoms with E-state index in [1.54, 1.807) is 11.0 Å². The zero-order valence-electron chi connectivity index (χ0n) is 13.9. The molecule has 1 aromatic carbocycles. The summed E-state index contributed by atoms with van der Waals surface area (Å²) in [7, 11) is 0. The maximum atomic E-state index is 13.3. The minimum Gasteiger partial charge on any atom is -0.475 e. The highest BCUT2D eigenvalue weighted by Crippen LogP contribution is 2.33. The normalized spacial score (nSPS) is 15.5. The summed E-state index contributed by atoms with van der Waals surface area (Å²) in [5.74, 6) is -1.68. The van der Waals surface area contributed by atoms with Crippen molar-refractivity contribution >= 4 is 22.8 Å². The Balaban J connectivity index is 1.46. The second kappa shape index (κ2) is 6.33. The van der Waals surface area contributed by atoms with Gasteiger partial charge in [0.1, 0.15) is 5.82 Å². The monoisotopic (exact) mass is 356 g/mol. The van der Waals surface area contributed by atoms with Crippen LogP contribution in [0.5, 0.6) is 0 Å². The van der Waals surface area contributed by atoms with Crippen molar-refractivity contribution in [3.63, 3.8) is 0 Å². The van der Waals surface area contributed by atoms with Gasteiger partial charge in [0.25, 0.3) is 5.91 Å². The minimum absolute atomic E-state index is 0.0448. The number of hydrogen-bond donors (Lipinski definition) is 2. The number of halogens is 1. The number of nitrogens with one attached hydrogen (secondary N) is 1. The molecule has 0 atom stereocenters. The van der Waals surface area contributed by atoms with Crippen molar-refractivity contribution in [2.24, 2.45) is 0 Å². The standard InChI is InChI=1S/C19H17FN2O4/c20-12-1-2-13-14(10-21-15(13)9-12)11-5-7-22(8-6-11)18(23)16-3-4-17(26-16)19(24)25/h1-4,9-11,21H,5-8H2,(H,24,25). The van der Waals surface area contributed by atoms with Crippen LogP contribution in [0.2, 0.25) is 0 Å². The third kappa shape index (κ3) is 2.85. The highest BCUT2D eigenvalue weighted by atomic mass is 19.1. The average molecular weight is 356 g/mol. The van der Waals surface area contributed by atoms with Gasteiger partial charge in [0.15, 0.2) is 5.76 Å². The van der Waals surface area contributed by atoms with Gasteiger partial charge in [-0.2, -0.15) is 0 Å². The van der Waals surface area contributed by atoms with Crippen molar-refractivity contribution in [3.8, 4) is 0 Å². The van der Waals surface area contributed by atoms with Crippen molar-refractivity contribution in [1.29, 1.82) is 0 Å². The van der Waals surface area contributed by atoms with Gasteiger partial charge in [0.05, 0.1) is 0 Å². The number of aromatic nitrogens is 1. The Kier molecular flexibility index (Phi) is 3.99. The van der Waals surface area contributed by atoms with Gasteiger partial charge in [-0.15, -0.1) is 0 Å². The summed E-state index contributed by atoms with van der Waals surface area (Å²) in [4.78, 5) is 28.1. The van der Waals surface area contributed by atoms with E-state index in [-0.39, 0.29) is 29.2 Å². The number of carboxylic acid groups (broad SMARTS) is 1. The lowest BCUT2D eigenvalue weighted by Gasteiger charge is -2.31. The first-order valence-electron chi connectivity index (χ1n) is 8.42. The number of furan rings is 1. The number of carbonyl (C=O) groups excluding carboxylic acids is 1. The van der Waals surface area contributed by atoms with Crippen LogP contribution >= 0.6 is 0 Å². The molecule has 0 saturated carbocycles. The van der Waals surface area contributed by atoms with Gasteiger partial charge in [-0.05, 0) is 54.7 Å². The molecule has 1 amide bonds. The minimum atomic E-state index is -1.20. The molecule has 6 nitrogen and oxygen atoms in total. The van der Waals surface area contributed by atoms with Crippen LogP contribution in [-0.4, -0.2) is 40.0 Å². The molecule has 0 aliphatic carbocycles. The molecule has 1 aliphatic rings. The lowest BCUT2D eigenvalue weighted by atomic mass is 9.89. The molecule has 3 heterocycles. The van der Waals surface area contributed by atoms with E-state index in [2.05, 4.69) is 4.98 Å². The molecule has 1 aliphatic heterocycles. The number of fused-ring (bicyclic) bond motifs is 1. The average Bonchev–Trinajstić information content (AvgIpc) is 3.28. The number of H-pyrrole nitrogens is 1. The van der Waals surface area contributed by atoms with E-state index in [1.807, 2.05) is 6.20 Å². The molecule has 0 radical (unpaired) electrons. The Morgan fingerprint density at radius 3 is 2.58 bits per heavy atom. The summed E-state index contributed by atoms with van der Waals surface area (Å²) in [5.41, 5.74) is 1.91. The molecular weight excluding hydrogens is 339 g/mol. The Hall–Kier alpha value is -3.09. The topological polar surface area (TPSA) is 86.5 Å².